The third-order valence-corrected chi connectivity index (χ3v) is 1.73. The number of rotatable bonds is 3. The summed E-state index contributed by atoms with van der Waals surface area (Å²) in [4.78, 5) is 8.70. The van der Waals surface area contributed by atoms with E-state index in [9.17, 15) is 0 Å². The van der Waals surface area contributed by atoms with E-state index < -0.39 is 0 Å². The number of hydrogen-bond donors (Lipinski definition) is 2. The molecule has 0 aliphatic rings. The Hall–Kier alpha value is -1.23. The van der Waals surface area contributed by atoms with Crippen molar-refractivity contribution in [3.63, 3.8) is 0 Å². The van der Waals surface area contributed by atoms with Crippen LogP contribution in [0.1, 0.15) is 25.2 Å². The Balaban J connectivity index is 3.01. The minimum Gasteiger partial charge on any atom is -0.388 e. The fraction of sp³-hybridized carbons (Fsp3) is 0.444. The van der Waals surface area contributed by atoms with E-state index in [0.717, 1.165) is 5.69 Å². The smallest absolute Gasteiger partial charge is 0.223 e. The molecule has 0 aliphatic carbocycles. The Morgan fingerprint density at radius 1 is 1.50 bits per heavy atom. The van der Waals surface area contributed by atoms with Crippen molar-refractivity contribution in [1.82, 2.24) is 9.97 Å². The molecule has 14 heavy (non-hydrogen) atoms. The van der Waals surface area contributed by atoms with Gasteiger partial charge in [-0.3, -0.25) is 0 Å². The van der Waals surface area contributed by atoms with Crippen LogP contribution in [0.25, 0.3) is 0 Å². The highest BCUT2D eigenvalue weighted by atomic mass is 32.1. The number of aromatic nitrogens is 2. The molecule has 0 aliphatic heterocycles. The molecule has 1 aromatic rings. The molecular weight excluding hydrogens is 196 g/mol. The minimum atomic E-state index is 0.288. The van der Waals surface area contributed by atoms with Gasteiger partial charge in [0.25, 0.3) is 0 Å². The Bertz CT molecular complexity index is 349. The van der Waals surface area contributed by atoms with Crippen molar-refractivity contribution < 1.29 is 0 Å². The molecule has 0 spiro atoms. The summed E-state index contributed by atoms with van der Waals surface area (Å²) in [7, 11) is 0. The summed E-state index contributed by atoms with van der Waals surface area (Å²) in [6.45, 7) is 5.92. The van der Waals surface area contributed by atoms with E-state index in [0.29, 0.717) is 16.6 Å². The molecule has 0 saturated heterocycles. The van der Waals surface area contributed by atoms with Crippen molar-refractivity contribution in [3.8, 4) is 0 Å². The van der Waals surface area contributed by atoms with Crippen LogP contribution in [-0.4, -0.2) is 21.0 Å². The Morgan fingerprint density at radius 2 is 2.14 bits per heavy atom. The average molecular weight is 210 g/mol. The normalized spacial score (nSPS) is 10.3. The van der Waals surface area contributed by atoms with Crippen molar-refractivity contribution in [2.24, 2.45) is 5.73 Å². The summed E-state index contributed by atoms with van der Waals surface area (Å²) in [6, 6.07) is 2.06. The van der Waals surface area contributed by atoms with E-state index in [4.69, 9.17) is 18.0 Å². The monoisotopic (exact) mass is 210 g/mol. The van der Waals surface area contributed by atoms with Crippen LogP contribution in [-0.2, 0) is 0 Å². The van der Waals surface area contributed by atoms with Crippen LogP contribution >= 0.6 is 12.2 Å². The minimum absolute atomic E-state index is 0.288. The van der Waals surface area contributed by atoms with E-state index in [2.05, 4.69) is 15.3 Å². The summed E-state index contributed by atoms with van der Waals surface area (Å²) in [5.74, 6) is 0.572. The lowest BCUT2D eigenvalue weighted by Crippen LogP contribution is -2.17. The Kier molecular flexibility index (Phi) is 3.35. The van der Waals surface area contributed by atoms with Gasteiger partial charge >= 0.3 is 0 Å². The van der Waals surface area contributed by atoms with E-state index in [1.54, 1.807) is 6.07 Å². The maximum absolute atomic E-state index is 5.50. The van der Waals surface area contributed by atoms with Gasteiger partial charge in [0.1, 0.15) is 10.7 Å². The molecule has 4 nitrogen and oxygen atoms in total. The van der Waals surface area contributed by atoms with Crippen LogP contribution in [0.2, 0.25) is 0 Å². The van der Waals surface area contributed by atoms with Gasteiger partial charge in [-0.1, -0.05) is 12.2 Å². The van der Waals surface area contributed by atoms with Crippen LogP contribution in [0.3, 0.4) is 0 Å². The molecule has 1 heterocycles. The first-order valence-electron chi connectivity index (χ1n) is 4.41. The van der Waals surface area contributed by atoms with Crippen molar-refractivity contribution in [2.45, 2.75) is 26.8 Å². The zero-order chi connectivity index (χ0) is 10.7. The third-order valence-electron chi connectivity index (χ3n) is 1.52. The summed E-state index contributed by atoms with van der Waals surface area (Å²) in [5, 5.41) is 3.10. The molecule has 1 rings (SSSR count). The summed E-state index contributed by atoms with van der Waals surface area (Å²) >= 11 is 4.85. The first kappa shape index (κ1) is 10.8. The molecule has 0 atom stereocenters. The van der Waals surface area contributed by atoms with E-state index in [-0.39, 0.29) is 6.04 Å². The van der Waals surface area contributed by atoms with Crippen LogP contribution in [0.5, 0.6) is 0 Å². The molecular formula is C9H14N4S. The van der Waals surface area contributed by atoms with Crippen LogP contribution < -0.4 is 11.1 Å². The summed E-state index contributed by atoms with van der Waals surface area (Å²) in [6.07, 6.45) is 0. The average Bonchev–Trinajstić information content (AvgIpc) is 2.01. The van der Waals surface area contributed by atoms with Crippen molar-refractivity contribution in [2.75, 3.05) is 5.32 Å². The second-order valence-electron chi connectivity index (χ2n) is 3.38. The topological polar surface area (TPSA) is 63.8 Å². The van der Waals surface area contributed by atoms with Crippen LogP contribution in [0.4, 0.5) is 5.95 Å². The predicted molar refractivity (Wildman–Crippen MR) is 61.4 cm³/mol. The molecule has 0 saturated carbocycles. The molecule has 3 N–H and O–H groups in total. The number of nitrogens with two attached hydrogens (primary N) is 1. The lowest BCUT2D eigenvalue weighted by Gasteiger charge is -2.09. The number of hydrogen-bond acceptors (Lipinski definition) is 4. The van der Waals surface area contributed by atoms with Gasteiger partial charge in [0, 0.05) is 11.7 Å². The van der Waals surface area contributed by atoms with E-state index in [1.165, 1.54) is 0 Å². The number of nitrogens with one attached hydrogen (secondary N) is 1. The number of thiocarbonyl (C=S) groups is 1. The molecule has 76 valence electrons. The van der Waals surface area contributed by atoms with E-state index in [1.807, 2.05) is 20.8 Å². The SMILES string of the molecule is Cc1cc(C(N)=S)nc(NC(C)C)n1. The summed E-state index contributed by atoms with van der Waals surface area (Å²) < 4.78 is 0. The number of anilines is 1. The van der Waals surface area contributed by atoms with Crippen LogP contribution in [0.15, 0.2) is 6.07 Å². The lowest BCUT2D eigenvalue weighted by atomic mass is 10.3. The Labute approximate surface area is 88.9 Å². The van der Waals surface area contributed by atoms with Gasteiger partial charge in [0.15, 0.2) is 0 Å². The molecule has 0 amide bonds. The van der Waals surface area contributed by atoms with Gasteiger partial charge < -0.3 is 11.1 Å². The highest BCUT2D eigenvalue weighted by Gasteiger charge is 2.04. The third kappa shape index (κ3) is 2.92. The zero-order valence-electron chi connectivity index (χ0n) is 8.53. The van der Waals surface area contributed by atoms with Crippen molar-refractivity contribution in [3.05, 3.63) is 17.5 Å². The largest absolute Gasteiger partial charge is 0.388 e. The molecule has 5 heteroatoms. The van der Waals surface area contributed by atoms with Crippen molar-refractivity contribution >= 4 is 23.2 Å². The molecule has 0 aromatic carbocycles. The predicted octanol–water partition coefficient (Wildman–Crippen LogP) is 1.24. The molecule has 0 radical (unpaired) electrons. The fourth-order valence-electron chi connectivity index (χ4n) is 1.02. The number of aryl methyl sites for hydroxylation is 1. The highest BCUT2D eigenvalue weighted by Crippen LogP contribution is 2.05. The quantitative estimate of drug-likeness (QED) is 0.735. The molecule has 0 fully saturated rings. The first-order chi connectivity index (χ1) is 6.49. The first-order valence-corrected chi connectivity index (χ1v) is 4.82. The van der Waals surface area contributed by atoms with Crippen molar-refractivity contribution in [1.29, 1.82) is 0 Å². The van der Waals surface area contributed by atoms with Gasteiger partial charge in [0.05, 0.1) is 0 Å². The van der Waals surface area contributed by atoms with Gasteiger partial charge in [0.2, 0.25) is 5.95 Å². The second-order valence-corrected chi connectivity index (χ2v) is 3.82. The maximum atomic E-state index is 5.50. The molecule has 1 aromatic heterocycles. The molecule has 0 unspecified atom stereocenters. The van der Waals surface area contributed by atoms with Gasteiger partial charge in [-0.2, -0.15) is 0 Å². The Morgan fingerprint density at radius 3 is 2.64 bits per heavy atom. The lowest BCUT2D eigenvalue weighted by molar-refractivity contribution is 0.869. The summed E-state index contributed by atoms with van der Waals surface area (Å²) in [5.41, 5.74) is 6.96. The highest BCUT2D eigenvalue weighted by molar-refractivity contribution is 7.80. The number of nitrogens with zero attached hydrogens (tertiary/aromatic N) is 2. The van der Waals surface area contributed by atoms with Gasteiger partial charge in [-0.05, 0) is 26.8 Å². The van der Waals surface area contributed by atoms with Gasteiger partial charge in [-0.25, -0.2) is 9.97 Å². The standard InChI is InChI=1S/C9H14N4S/c1-5(2)11-9-12-6(3)4-7(13-9)8(10)14/h4-5H,1-3H3,(H2,10,14)(H,11,12,13). The fourth-order valence-corrected chi connectivity index (χ4v) is 1.12. The van der Waals surface area contributed by atoms with E-state index >= 15 is 0 Å². The van der Waals surface area contributed by atoms with Gasteiger partial charge in [-0.15, -0.1) is 0 Å². The molecule has 0 bridgehead atoms. The van der Waals surface area contributed by atoms with Crippen LogP contribution in [0, 0.1) is 6.92 Å². The second kappa shape index (κ2) is 4.32. The zero-order valence-corrected chi connectivity index (χ0v) is 9.35. The maximum Gasteiger partial charge on any atom is 0.223 e.